The molecule has 2 aliphatic rings. The normalized spacial score (nSPS) is 27.1. The van der Waals surface area contributed by atoms with Crippen molar-refractivity contribution in [1.82, 2.24) is 4.90 Å². The van der Waals surface area contributed by atoms with Crippen LogP contribution in [-0.2, 0) is 19.0 Å². The van der Waals surface area contributed by atoms with E-state index in [1.807, 2.05) is 25.7 Å². The number of carbonyl (C=O) groups excluding carboxylic acids is 2. The number of rotatable bonds is 5. The molecule has 2 rings (SSSR count). The molecule has 2 unspecified atom stereocenters. The van der Waals surface area contributed by atoms with Gasteiger partial charge in [-0.15, -0.1) is 0 Å². The monoisotopic (exact) mass is 355 g/mol. The molecule has 0 radical (unpaired) electrons. The van der Waals surface area contributed by atoms with Gasteiger partial charge in [0.15, 0.2) is 5.79 Å². The molecule has 2 atom stereocenters. The lowest BCUT2D eigenvalue weighted by Gasteiger charge is -2.48. The molecule has 0 aliphatic carbocycles. The second-order valence-corrected chi connectivity index (χ2v) is 8.48. The quantitative estimate of drug-likeness (QED) is 0.706. The molecule has 6 heteroatoms. The van der Waals surface area contributed by atoms with Gasteiger partial charge >= 0.3 is 6.09 Å². The average molecular weight is 355 g/mol. The van der Waals surface area contributed by atoms with Crippen LogP contribution in [0.15, 0.2) is 0 Å². The van der Waals surface area contributed by atoms with Crippen LogP contribution >= 0.6 is 0 Å². The first-order valence-corrected chi connectivity index (χ1v) is 9.23. The van der Waals surface area contributed by atoms with E-state index < -0.39 is 11.4 Å². The molecule has 144 valence electrons. The van der Waals surface area contributed by atoms with Crippen molar-refractivity contribution < 1.29 is 23.8 Å². The number of ketones is 1. The Morgan fingerprint density at radius 2 is 1.52 bits per heavy atom. The molecule has 1 amide bonds. The van der Waals surface area contributed by atoms with Crippen molar-refractivity contribution in [2.45, 2.75) is 89.7 Å². The number of methoxy groups -OCH3 is 2. The molecule has 6 nitrogen and oxygen atoms in total. The van der Waals surface area contributed by atoms with Crippen LogP contribution in [0.3, 0.4) is 0 Å². The van der Waals surface area contributed by atoms with E-state index >= 15 is 0 Å². The molecule has 2 bridgehead atoms. The summed E-state index contributed by atoms with van der Waals surface area (Å²) in [6, 6.07) is 0.181. The molecule has 0 saturated carbocycles. The number of ether oxygens (including phenoxy) is 3. The largest absolute Gasteiger partial charge is 0.444 e. The number of hydrogen-bond acceptors (Lipinski definition) is 5. The lowest BCUT2D eigenvalue weighted by Crippen LogP contribution is -2.57. The lowest BCUT2D eigenvalue weighted by atomic mass is 9.76. The van der Waals surface area contributed by atoms with E-state index in [9.17, 15) is 9.59 Å². The maximum Gasteiger partial charge on any atom is 0.410 e. The number of fused-ring (bicyclic) bond motifs is 2. The zero-order chi connectivity index (χ0) is 18.8. The van der Waals surface area contributed by atoms with Crippen LogP contribution in [0, 0.1) is 5.92 Å². The number of piperidine rings is 2. The molecule has 2 heterocycles. The van der Waals surface area contributed by atoms with Crippen LogP contribution in [0.4, 0.5) is 4.79 Å². The van der Waals surface area contributed by atoms with Gasteiger partial charge in [-0.1, -0.05) is 0 Å². The highest BCUT2D eigenvalue weighted by Crippen LogP contribution is 2.39. The van der Waals surface area contributed by atoms with Crippen LogP contribution in [-0.4, -0.2) is 54.5 Å². The second-order valence-electron chi connectivity index (χ2n) is 8.48. The molecule has 2 saturated heterocycles. The summed E-state index contributed by atoms with van der Waals surface area (Å²) in [5, 5.41) is 0. The lowest BCUT2D eigenvalue weighted by molar-refractivity contribution is -0.199. The molecule has 0 spiro atoms. The topological polar surface area (TPSA) is 65.1 Å². The van der Waals surface area contributed by atoms with Crippen molar-refractivity contribution >= 4 is 11.9 Å². The highest BCUT2D eigenvalue weighted by molar-refractivity contribution is 5.82. The van der Waals surface area contributed by atoms with Crippen LogP contribution in [0.25, 0.3) is 0 Å². The van der Waals surface area contributed by atoms with Crippen LogP contribution in [0.5, 0.6) is 0 Å². The summed E-state index contributed by atoms with van der Waals surface area (Å²) in [7, 11) is 3.10. The zero-order valence-corrected chi connectivity index (χ0v) is 16.5. The maximum atomic E-state index is 12.8. The first-order valence-electron chi connectivity index (χ1n) is 9.23. The number of carbonyl (C=O) groups is 2. The van der Waals surface area contributed by atoms with Crippen molar-refractivity contribution in [1.29, 1.82) is 0 Å². The highest BCUT2D eigenvalue weighted by Gasteiger charge is 2.45. The highest BCUT2D eigenvalue weighted by atomic mass is 16.7. The molecule has 25 heavy (non-hydrogen) atoms. The summed E-state index contributed by atoms with van der Waals surface area (Å²) in [4.78, 5) is 27.3. The van der Waals surface area contributed by atoms with Gasteiger partial charge in [-0.2, -0.15) is 0 Å². The van der Waals surface area contributed by atoms with Gasteiger partial charge in [0.2, 0.25) is 0 Å². The van der Waals surface area contributed by atoms with E-state index in [4.69, 9.17) is 14.2 Å². The molecule has 0 N–H and O–H groups in total. The molecular formula is C19H33NO5. The van der Waals surface area contributed by atoms with E-state index in [-0.39, 0.29) is 36.3 Å². The fraction of sp³-hybridized carbons (Fsp3) is 0.895. The summed E-state index contributed by atoms with van der Waals surface area (Å²) in [6.07, 6.45) is 4.37. The third kappa shape index (κ3) is 4.94. The Morgan fingerprint density at radius 1 is 1.00 bits per heavy atom. The number of amides is 1. The van der Waals surface area contributed by atoms with E-state index in [1.54, 1.807) is 21.1 Å². The fourth-order valence-electron chi connectivity index (χ4n) is 3.95. The Bertz CT molecular complexity index is 481. The predicted octanol–water partition coefficient (Wildman–Crippen LogP) is 3.52. The summed E-state index contributed by atoms with van der Waals surface area (Å²) in [6.45, 7) is 7.43. The Kier molecular flexibility index (Phi) is 6.15. The van der Waals surface area contributed by atoms with Crippen molar-refractivity contribution in [3.8, 4) is 0 Å². The Hall–Kier alpha value is -1.14. The molecule has 0 aromatic carbocycles. The minimum atomic E-state index is -0.880. The van der Waals surface area contributed by atoms with Crippen molar-refractivity contribution in [3.05, 3.63) is 0 Å². The average Bonchev–Trinajstić information content (AvgIpc) is 2.51. The fourth-order valence-corrected chi connectivity index (χ4v) is 3.95. The van der Waals surface area contributed by atoms with Crippen molar-refractivity contribution in [3.63, 3.8) is 0 Å². The summed E-state index contributed by atoms with van der Waals surface area (Å²) < 4.78 is 16.2. The van der Waals surface area contributed by atoms with Gasteiger partial charge in [-0.3, -0.25) is 4.79 Å². The summed E-state index contributed by atoms with van der Waals surface area (Å²) in [5.41, 5.74) is -0.503. The third-order valence-electron chi connectivity index (χ3n) is 5.39. The second kappa shape index (κ2) is 7.62. The molecule has 2 aliphatic heterocycles. The SMILES string of the molecule is COC(C)(CC(=O)C1CC2CCCC(C1)N2C(=O)OC(C)(C)C)OC. The van der Waals surface area contributed by atoms with Gasteiger partial charge in [-0.25, -0.2) is 4.79 Å². The van der Waals surface area contributed by atoms with Crippen LogP contribution in [0.1, 0.15) is 66.2 Å². The minimum Gasteiger partial charge on any atom is -0.444 e. The first kappa shape index (κ1) is 20.2. The Labute approximate surface area is 151 Å². The minimum absolute atomic E-state index is 0.0430. The van der Waals surface area contributed by atoms with Gasteiger partial charge in [-0.05, 0) is 59.8 Å². The van der Waals surface area contributed by atoms with Gasteiger partial charge in [0.25, 0.3) is 0 Å². The smallest absolute Gasteiger partial charge is 0.410 e. The van der Waals surface area contributed by atoms with Gasteiger partial charge in [0.1, 0.15) is 11.4 Å². The predicted molar refractivity (Wildman–Crippen MR) is 94.3 cm³/mol. The van der Waals surface area contributed by atoms with Crippen molar-refractivity contribution in [2.24, 2.45) is 5.92 Å². The summed E-state index contributed by atoms with van der Waals surface area (Å²) >= 11 is 0. The standard InChI is InChI=1S/C19H33NO5/c1-18(2,3)25-17(22)20-14-8-7-9-15(20)11-13(10-14)16(21)12-19(4,23-5)24-6/h13-15H,7-12H2,1-6H3. The molecule has 0 aromatic heterocycles. The van der Waals surface area contributed by atoms with Crippen LogP contribution < -0.4 is 0 Å². The van der Waals surface area contributed by atoms with E-state index in [1.165, 1.54) is 0 Å². The van der Waals surface area contributed by atoms with E-state index in [0.29, 0.717) is 12.8 Å². The number of nitrogens with zero attached hydrogens (tertiary/aromatic N) is 1. The van der Waals surface area contributed by atoms with Crippen LogP contribution in [0.2, 0.25) is 0 Å². The van der Waals surface area contributed by atoms with E-state index in [0.717, 1.165) is 19.3 Å². The number of Topliss-reactive ketones (excluding diaryl/α,β-unsaturated/α-hetero) is 1. The Balaban J connectivity index is 2.05. The Morgan fingerprint density at radius 3 is 1.96 bits per heavy atom. The number of hydrogen-bond donors (Lipinski definition) is 0. The molecular weight excluding hydrogens is 322 g/mol. The van der Waals surface area contributed by atoms with Gasteiger partial charge in [0, 0.05) is 32.2 Å². The third-order valence-corrected chi connectivity index (χ3v) is 5.39. The van der Waals surface area contributed by atoms with Gasteiger partial charge < -0.3 is 19.1 Å². The van der Waals surface area contributed by atoms with Crippen molar-refractivity contribution in [2.75, 3.05) is 14.2 Å². The zero-order valence-electron chi connectivity index (χ0n) is 16.5. The first-order chi connectivity index (χ1) is 11.6. The maximum absolute atomic E-state index is 12.8. The van der Waals surface area contributed by atoms with Gasteiger partial charge in [0.05, 0.1) is 6.42 Å². The molecule has 2 fully saturated rings. The van der Waals surface area contributed by atoms with E-state index in [2.05, 4.69) is 0 Å². The molecule has 0 aromatic rings. The summed E-state index contributed by atoms with van der Waals surface area (Å²) in [5.74, 6) is -0.764.